The Morgan fingerprint density at radius 1 is 1.54 bits per heavy atom. The Kier molecular flexibility index (Phi) is 7.63. The molecule has 0 spiro atoms. The summed E-state index contributed by atoms with van der Waals surface area (Å²) in [6, 6.07) is 0. The summed E-state index contributed by atoms with van der Waals surface area (Å²) in [6.07, 6.45) is 2.58. The SMILES string of the molecule is CCCOC(=O)C=C[SiH2]OC(C)C. The number of esters is 1. The number of hydrogen-bond donors (Lipinski definition) is 0. The number of carbonyl (C=O) groups excluding carboxylic acids is 1. The van der Waals surface area contributed by atoms with Gasteiger partial charge in [0.1, 0.15) is 0 Å². The Bertz CT molecular complexity index is 166. The van der Waals surface area contributed by atoms with Crippen LogP contribution in [0.2, 0.25) is 0 Å². The molecule has 0 saturated carbocycles. The maximum absolute atomic E-state index is 10.9. The van der Waals surface area contributed by atoms with Crippen LogP contribution < -0.4 is 0 Å². The van der Waals surface area contributed by atoms with E-state index < -0.39 is 9.76 Å². The van der Waals surface area contributed by atoms with Crippen molar-refractivity contribution in [3.63, 3.8) is 0 Å². The molecule has 0 saturated heterocycles. The van der Waals surface area contributed by atoms with Crippen LogP contribution >= 0.6 is 0 Å². The van der Waals surface area contributed by atoms with Crippen LogP contribution in [-0.4, -0.2) is 28.4 Å². The molecule has 0 aliphatic heterocycles. The van der Waals surface area contributed by atoms with E-state index in [9.17, 15) is 4.79 Å². The van der Waals surface area contributed by atoms with Crippen molar-refractivity contribution < 1.29 is 14.0 Å². The predicted molar refractivity (Wildman–Crippen MR) is 55.2 cm³/mol. The van der Waals surface area contributed by atoms with E-state index in [0.717, 1.165) is 6.42 Å². The normalized spacial score (nSPS) is 12.0. The van der Waals surface area contributed by atoms with Crippen LogP contribution in [0.3, 0.4) is 0 Å². The van der Waals surface area contributed by atoms with E-state index >= 15 is 0 Å². The van der Waals surface area contributed by atoms with Crippen LogP contribution in [0.5, 0.6) is 0 Å². The van der Waals surface area contributed by atoms with Crippen molar-refractivity contribution in [2.75, 3.05) is 6.61 Å². The average molecular weight is 202 g/mol. The summed E-state index contributed by atoms with van der Waals surface area (Å²) < 4.78 is 10.2. The van der Waals surface area contributed by atoms with E-state index in [2.05, 4.69) is 0 Å². The number of carbonyl (C=O) groups is 1. The summed E-state index contributed by atoms with van der Waals surface area (Å²) in [7, 11) is -0.684. The molecule has 0 amide bonds. The molecule has 0 radical (unpaired) electrons. The van der Waals surface area contributed by atoms with Crippen molar-refractivity contribution in [2.45, 2.75) is 33.3 Å². The maximum Gasteiger partial charge on any atom is 0.330 e. The van der Waals surface area contributed by atoms with Crippen molar-refractivity contribution >= 4 is 15.7 Å². The first-order chi connectivity index (χ1) is 6.16. The molecule has 0 aromatic heterocycles. The van der Waals surface area contributed by atoms with Crippen molar-refractivity contribution in [1.82, 2.24) is 0 Å². The first-order valence-electron chi connectivity index (χ1n) is 4.61. The van der Waals surface area contributed by atoms with Crippen LogP contribution in [0.4, 0.5) is 0 Å². The Hall–Kier alpha value is -0.613. The third kappa shape index (κ3) is 9.30. The number of ether oxygens (including phenoxy) is 1. The van der Waals surface area contributed by atoms with Gasteiger partial charge in [-0.05, 0) is 20.3 Å². The topological polar surface area (TPSA) is 35.5 Å². The van der Waals surface area contributed by atoms with Crippen LogP contribution in [0.1, 0.15) is 27.2 Å². The van der Waals surface area contributed by atoms with Gasteiger partial charge in [0.05, 0.1) is 6.61 Å². The fourth-order valence-electron chi connectivity index (χ4n) is 0.643. The van der Waals surface area contributed by atoms with Gasteiger partial charge in [-0.15, -0.1) is 0 Å². The van der Waals surface area contributed by atoms with Crippen molar-refractivity contribution in [1.29, 1.82) is 0 Å². The molecule has 0 fully saturated rings. The zero-order valence-corrected chi connectivity index (χ0v) is 9.99. The molecule has 0 heterocycles. The zero-order chi connectivity index (χ0) is 10.1. The highest BCUT2D eigenvalue weighted by Crippen LogP contribution is 1.87. The van der Waals surface area contributed by atoms with Crippen molar-refractivity contribution in [2.24, 2.45) is 0 Å². The van der Waals surface area contributed by atoms with Gasteiger partial charge in [0.2, 0.25) is 0 Å². The smallest absolute Gasteiger partial charge is 0.330 e. The lowest BCUT2D eigenvalue weighted by Gasteiger charge is -2.02. The minimum Gasteiger partial charge on any atom is -0.463 e. The van der Waals surface area contributed by atoms with E-state index in [4.69, 9.17) is 9.16 Å². The van der Waals surface area contributed by atoms with Gasteiger partial charge >= 0.3 is 5.97 Å². The van der Waals surface area contributed by atoms with Gasteiger partial charge in [-0.3, -0.25) is 0 Å². The van der Waals surface area contributed by atoms with E-state index in [1.165, 1.54) is 6.08 Å². The molecule has 0 aliphatic rings. The second-order valence-electron chi connectivity index (χ2n) is 2.95. The second kappa shape index (κ2) is 8.01. The molecule has 0 rings (SSSR count). The number of hydrogen-bond acceptors (Lipinski definition) is 3. The van der Waals surface area contributed by atoms with Gasteiger partial charge in [-0.25, -0.2) is 4.79 Å². The largest absolute Gasteiger partial charge is 0.463 e. The summed E-state index contributed by atoms with van der Waals surface area (Å²) in [5, 5.41) is 0. The maximum atomic E-state index is 10.9. The summed E-state index contributed by atoms with van der Waals surface area (Å²) >= 11 is 0. The van der Waals surface area contributed by atoms with Gasteiger partial charge in [-0.2, -0.15) is 0 Å². The average Bonchev–Trinajstić information content (AvgIpc) is 2.08. The Balaban J connectivity index is 3.42. The first-order valence-corrected chi connectivity index (χ1v) is 6.01. The predicted octanol–water partition coefficient (Wildman–Crippen LogP) is 0.962. The standard InChI is InChI=1S/C9H18O3Si/c1-4-6-11-9(10)5-7-13-12-8(2)3/h5,7-8H,4,6,13H2,1-3H3. The lowest BCUT2D eigenvalue weighted by Crippen LogP contribution is -2.06. The van der Waals surface area contributed by atoms with E-state index in [1.807, 2.05) is 20.8 Å². The molecule has 0 N–H and O–H groups in total. The third-order valence-electron chi connectivity index (χ3n) is 1.23. The van der Waals surface area contributed by atoms with Crippen LogP contribution in [0.25, 0.3) is 0 Å². The van der Waals surface area contributed by atoms with Gasteiger partial charge in [0.25, 0.3) is 0 Å². The lowest BCUT2D eigenvalue weighted by atomic mass is 10.5. The molecule has 0 aromatic rings. The lowest BCUT2D eigenvalue weighted by molar-refractivity contribution is -0.137. The van der Waals surface area contributed by atoms with Crippen LogP contribution in [0.15, 0.2) is 11.8 Å². The molecule has 3 nitrogen and oxygen atoms in total. The fraction of sp³-hybridized carbons (Fsp3) is 0.667. The molecule has 0 aliphatic carbocycles. The van der Waals surface area contributed by atoms with Crippen molar-refractivity contribution in [3.8, 4) is 0 Å². The summed E-state index contributed by atoms with van der Waals surface area (Å²) in [6.45, 7) is 6.43. The van der Waals surface area contributed by atoms with Crippen LogP contribution in [-0.2, 0) is 14.0 Å². The van der Waals surface area contributed by atoms with Gasteiger partial charge in [0.15, 0.2) is 9.76 Å². The highest BCUT2D eigenvalue weighted by atomic mass is 28.2. The molecule has 0 atom stereocenters. The summed E-state index contributed by atoms with van der Waals surface area (Å²) in [5.41, 5.74) is 1.80. The minimum atomic E-state index is -0.684. The highest BCUT2D eigenvalue weighted by molar-refractivity contribution is 6.35. The first kappa shape index (κ1) is 12.4. The van der Waals surface area contributed by atoms with E-state index in [0.29, 0.717) is 6.61 Å². The monoisotopic (exact) mass is 202 g/mol. The Morgan fingerprint density at radius 2 is 2.23 bits per heavy atom. The molecular formula is C9H18O3Si. The van der Waals surface area contributed by atoms with E-state index in [1.54, 1.807) is 5.70 Å². The number of rotatable bonds is 6. The summed E-state index contributed by atoms with van der Waals surface area (Å²) in [5.74, 6) is -0.262. The molecule has 76 valence electrons. The highest BCUT2D eigenvalue weighted by Gasteiger charge is 1.94. The van der Waals surface area contributed by atoms with E-state index in [-0.39, 0.29) is 12.1 Å². The van der Waals surface area contributed by atoms with Crippen LogP contribution in [0, 0.1) is 0 Å². The fourth-order valence-corrected chi connectivity index (χ4v) is 1.43. The molecule has 13 heavy (non-hydrogen) atoms. The molecule has 0 bridgehead atoms. The van der Waals surface area contributed by atoms with Crippen molar-refractivity contribution in [3.05, 3.63) is 11.8 Å². The van der Waals surface area contributed by atoms with Gasteiger partial charge in [-0.1, -0.05) is 12.6 Å². The second-order valence-corrected chi connectivity index (χ2v) is 4.09. The zero-order valence-electron chi connectivity index (χ0n) is 8.58. The molecule has 0 aromatic carbocycles. The minimum absolute atomic E-state index is 0.253. The third-order valence-corrected chi connectivity index (χ3v) is 2.52. The quantitative estimate of drug-likeness (QED) is 0.366. The summed E-state index contributed by atoms with van der Waals surface area (Å²) in [4.78, 5) is 10.9. The van der Waals surface area contributed by atoms with Gasteiger partial charge < -0.3 is 9.16 Å². The molecular weight excluding hydrogens is 184 g/mol. The Morgan fingerprint density at radius 3 is 2.77 bits per heavy atom. The Labute approximate surface area is 82.1 Å². The van der Waals surface area contributed by atoms with Gasteiger partial charge in [0, 0.05) is 12.2 Å². The molecule has 0 unspecified atom stereocenters. The molecule has 4 heteroatoms.